The van der Waals surface area contributed by atoms with Gasteiger partial charge in [-0.3, -0.25) is 4.79 Å². The number of aliphatic carboxylic acids is 1. The normalized spacial score (nSPS) is 48.1. The van der Waals surface area contributed by atoms with Gasteiger partial charge in [-0.2, -0.15) is 0 Å². The highest BCUT2D eigenvalue weighted by Crippen LogP contribution is 2.55. The van der Waals surface area contributed by atoms with Gasteiger partial charge in [0.25, 0.3) is 0 Å². The molecule has 2 aliphatic carbocycles. The van der Waals surface area contributed by atoms with Crippen LogP contribution in [0.5, 0.6) is 0 Å². The average Bonchev–Trinajstić information content (AvgIpc) is 2.45. The summed E-state index contributed by atoms with van der Waals surface area (Å²) in [5, 5.41) is 8.99. The lowest BCUT2D eigenvalue weighted by atomic mass is 9.75. The minimum absolute atomic E-state index is 0.372. The van der Waals surface area contributed by atoms with Crippen LogP contribution < -0.4 is 0 Å². The summed E-state index contributed by atoms with van der Waals surface area (Å²) in [6.07, 6.45) is 4.51. The maximum atomic E-state index is 10.9. The van der Waals surface area contributed by atoms with E-state index in [0.29, 0.717) is 5.92 Å². The third-order valence-corrected chi connectivity index (χ3v) is 3.64. The Hall–Kier alpha value is -0.530. The smallest absolute Gasteiger partial charge is 0.309 e. The molecule has 0 amide bonds. The van der Waals surface area contributed by atoms with E-state index >= 15 is 0 Å². The van der Waals surface area contributed by atoms with Crippen molar-refractivity contribution in [3.05, 3.63) is 0 Å². The van der Waals surface area contributed by atoms with Gasteiger partial charge in [0.1, 0.15) is 0 Å². The Morgan fingerprint density at radius 2 is 2.27 bits per heavy atom. The van der Waals surface area contributed by atoms with Crippen molar-refractivity contribution in [2.45, 2.75) is 32.6 Å². The van der Waals surface area contributed by atoms with E-state index in [9.17, 15) is 4.79 Å². The van der Waals surface area contributed by atoms with Gasteiger partial charge in [-0.05, 0) is 38.0 Å². The van der Waals surface area contributed by atoms with E-state index in [0.717, 1.165) is 18.8 Å². The Morgan fingerprint density at radius 3 is 2.55 bits per heavy atom. The lowest BCUT2D eigenvalue weighted by Gasteiger charge is -2.28. The molecule has 2 aliphatic rings. The third kappa shape index (κ3) is 0.815. The molecule has 0 aliphatic heterocycles. The Balaban J connectivity index is 2.23. The summed E-state index contributed by atoms with van der Waals surface area (Å²) in [5.74, 6) is 0.621. The number of hydrogen-bond acceptors (Lipinski definition) is 1. The van der Waals surface area contributed by atoms with Crippen LogP contribution in [0.1, 0.15) is 32.6 Å². The molecule has 0 radical (unpaired) electrons. The minimum atomic E-state index is -0.579. The number of hydrogen-bond donors (Lipinski definition) is 1. The molecule has 0 aromatic heterocycles. The van der Waals surface area contributed by atoms with Gasteiger partial charge in [0.05, 0.1) is 5.41 Å². The van der Waals surface area contributed by atoms with E-state index in [1.54, 1.807) is 0 Å². The SMILES string of the molecule is C[C@@]1(C(=O)O)C[C@H]2CC[C@H]1C2. The standard InChI is InChI=1S/C9H14O2/c1-9(8(10)11)5-6-2-3-7(9)4-6/h6-7H,2-5H2,1H3,(H,10,11)/t6-,7-,9+/m0/s1. The fraction of sp³-hybridized carbons (Fsp3) is 0.889. The first-order valence-corrected chi connectivity index (χ1v) is 4.36. The van der Waals surface area contributed by atoms with E-state index in [2.05, 4.69) is 0 Å². The molecule has 0 heterocycles. The summed E-state index contributed by atoms with van der Waals surface area (Å²) in [7, 11) is 0. The van der Waals surface area contributed by atoms with Gasteiger partial charge >= 0.3 is 5.97 Å². The Bertz CT molecular complexity index is 200. The first-order valence-electron chi connectivity index (χ1n) is 4.36. The first kappa shape index (κ1) is 7.14. The van der Waals surface area contributed by atoms with E-state index in [1.807, 2.05) is 6.92 Å². The van der Waals surface area contributed by atoms with Crippen molar-refractivity contribution in [3.63, 3.8) is 0 Å². The molecule has 0 spiro atoms. The van der Waals surface area contributed by atoms with E-state index in [4.69, 9.17) is 5.11 Å². The summed E-state index contributed by atoms with van der Waals surface area (Å²) in [6.45, 7) is 1.92. The predicted octanol–water partition coefficient (Wildman–Crippen LogP) is 1.90. The summed E-state index contributed by atoms with van der Waals surface area (Å²) in [6, 6.07) is 0. The van der Waals surface area contributed by atoms with Crippen LogP contribution >= 0.6 is 0 Å². The van der Waals surface area contributed by atoms with Crippen molar-refractivity contribution in [2.24, 2.45) is 17.3 Å². The zero-order chi connectivity index (χ0) is 8.06. The van der Waals surface area contributed by atoms with Crippen molar-refractivity contribution >= 4 is 5.97 Å². The lowest BCUT2D eigenvalue weighted by Crippen LogP contribution is -2.32. The molecular weight excluding hydrogens is 140 g/mol. The maximum absolute atomic E-state index is 10.9. The second kappa shape index (κ2) is 1.99. The van der Waals surface area contributed by atoms with Crippen LogP contribution in [0.15, 0.2) is 0 Å². The van der Waals surface area contributed by atoms with Crippen molar-refractivity contribution in [1.29, 1.82) is 0 Å². The van der Waals surface area contributed by atoms with Crippen LogP contribution in [0.4, 0.5) is 0 Å². The van der Waals surface area contributed by atoms with Gasteiger partial charge in [0, 0.05) is 0 Å². The summed E-state index contributed by atoms with van der Waals surface area (Å²) < 4.78 is 0. The molecule has 0 saturated heterocycles. The van der Waals surface area contributed by atoms with Gasteiger partial charge in [0.2, 0.25) is 0 Å². The largest absolute Gasteiger partial charge is 0.481 e. The summed E-state index contributed by atoms with van der Waals surface area (Å²) in [4.78, 5) is 10.9. The molecule has 3 atom stereocenters. The molecule has 0 aromatic rings. The molecule has 2 bridgehead atoms. The first-order chi connectivity index (χ1) is 5.13. The van der Waals surface area contributed by atoms with Gasteiger partial charge in [-0.25, -0.2) is 0 Å². The van der Waals surface area contributed by atoms with Crippen LogP contribution in [0, 0.1) is 17.3 Å². The van der Waals surface area contributed by atoms with E-state index < -0.39 is 5.97 Å². The Labute approximate surface area is 66.6 Å². The number of carboxylic acid groups (broad SMARTS) is 1. The number of fused-ring (bicyclic) bond motifs is 2. The van der Waals surface area contributed by atoms with Crippen molar-refractivity contribution in [3.8, 4) is 0 Å². The highest BCUT2D eigenvalue weighted by molar-refractivity contribution is 5.75. The number of carboxylic acids is 1. The zero-order valence-electron chi connectivity index (χ0n) is 6.84. The monoisotopic (exact) mass is 154 g/mol. The average molecular weight is 154 g/mol. The minimum Gasteiger partial charge on any atom is -0.481 e. The topological polar surface area (TPSA) is 37.3 Å². The van der Waals surface area contributed by atoms with Crippen LogP contribution in [0.3, 0.4) is 0 Å². The predicted molar refractivity (Wildman–Crippen MR) is 41.2 cm³/mol. The highest BCUT2D eigenvalue weighted by Gasteiger charge is 2.52. The van der Waals surface area contributed by atoms with Gasteiger partial charge in [-0.15, -0.1) is 0 Å². The van der Waals surface area contributed by atoms with Crippen molar-refractivity contribution in [1.82, 2.24) is 0 Å². The van der Waals surface area contributed by atoms with Crippen LogP contribution in [0.25, 0.3) is 0 Å². The molecule has 2 rings (SSSR count). The van der Waals surface area contributed by atoms with Gasteiger partial charge in [0.15, 0.2) is 0 Å². The molecule has 2 saturated carbocycles. The number of carbonyl (C=O) groups is 1. The third-order valence-electron chi connectivity index (χ3n) is 3.64. The van der Waals surface area contributed by atoms with Crippen LogP contribution in [-0.4, -0.2) is 11.1 Å². The van der Waals surface area contributed by atoms with Crippen molar-refractivity contribution in [2.75, 3.05) is 0 Å². The Kier molecular flexibility index (Phi) is 1.29. The molecule has 2 heteroatoms. The fourth-order valence-electron chi connectivity index (χ4n) is 2.87. The molecule has 1 N–H and O–H groups in total. The summed E-state index contributed by atoms with van der Waals surface area (Å²) in [5.41, 5.74) is -0.372. The molecule has 11 heavy (non-hydrogen) atoms. The quantitative estimate of drug-likeness (QED) is 0.626. The second-order valence-corrected chi connectivity index (χ2v) is 4.30. The van der Waals surface area contributed by atoms with Gasteiger partial charge in [-0.1, -0.05) is 6.42 Å². The fourth-order valence-corrected chi connectivity index (χ4v) is 2.87. The molecular formula is C9H14O2. The number of rotatable bonds is 1. The molecule has 0 aromatic carbocycles. The molecule has 2 fully saturated rings. The molecule has 62 valence electrons. The van der Waals surface area contributed by atoms with Gasteiger partial charge < -0.3 is 5.11 Å². The maximum Gasteiger partial charge on any atom is 0.309 e. The molecule has 0 unspecified atom stereocenters. The van der Waals surface area contributed by atoms with E-state index in [1.165, 1.54) is 12.8 Å². The highest BCUT2D eigenvalue weighted by atomic mass is 16.4. The zero-order valence-corrected chi connectivity index (χ0v) is 6.84. The lowest BCUT2D eigenvalue weighted by molar-refractivity contribution is -0.151. The van der Waals surface area contributed by atoms with E-state index in [-0.39, 0.29) is 5.41 Å². The van der Waals surface area contributed by atoms with Crippen LogP contribution in [-0.2, 0) is 4.79 Å². The Morgan fingerprint density at radius 1 is 1.55 bits per heavy atom. The molecule has 2 nitrogen and oxygen atoms in total. The second-order valence-electron chi connectivity index (χ2n) is 4.30. The summed E-state index contributed by atoms with van der Waals surface area (Å²) >= 11 is 0. The van der Waals surface area contributed by atoms with Crippen LogP contribution in [0.2, 0.25) is 0 Å². The van der Waals surface area contributed by atoms with Crippen molar-refractivity contribution < 1.29 is 9.90 Å².